The summed E-state index contributed by atoms with van der Waals surface area (Å²) in [4.78, 5) is 22.3. The number of hydrogen-bond donors (Lipinski definition) is 1. The Kier molecular flexibility index (Phi) is 5.47. The highest BCUT2D eigenvalue weighted by Crippen LogP contribution is 2.21. The van der Waals surface area contributed by atoms with Crippen LogP contribution in [0.2, 0.25) is 0 Å². The minimum Gasteiger partial charge on any atom is -0.322 e. The van der Waals surface area contributed by atoms with Crippen LogP contribution in [-0.4, -0.2) is 10.8 Å². The lowest BCUT2D eigenvalue weighted by molar-refractivity contribution is -0.385. The molecule has 0 spiro atoms. The molecule has 0 saturated heterocycles. The second-order valence-corrected chi connectivity index (χ2v) is 5.90. The van der Waals surface area contributed by atoms with Gasteiger partial charge in [0.25, 0.3) is 5.69 Å². The van der Waals surface area contributed by atoms with Crippen molar-refractivity contribution in [1.29, 1.82) is 0 Å². The molecule has 2 aromatic rings. The summed E-state index contributed by atoms with van der Waals surface area (Å²) in [6.07, 6.45) is 3.18. The fourth-order valence-corrected chi connectivity index (χ4v) is 2.29. The fraction of sp³-hybridized carbons (Fsp3) is 0.211. The van der Waals surface area contributed by atoms with E-state index in [-0.39, 0.29) is 11.6 Å². The molecule has 0 fully saturated rings. The predicted octanol–water partition coefficient (Wildman–Crippen LogP) is 4.68. The third-order valence-electron chi connectivity index (χ3n) is 3.69. The fourth-order valence-electron chi connectivity index (χ4n) is 2.29. The van der Waals surface area contributed by atoms with Crippen LogP contribution in [-0.2, 0) is 4.79 Å². The Balaban J connectivity index is 2.02. The molecule has 0 aliphatic heterocycles. The number of aryl methyl sites for hydroxylation is 1. The van der Waals surface area contributed by atoms with Gasteiger partial charge in [-0.05, 0) is 42.2 Å². The minimum atomic E-state index is -0.443. The number of carbonyl (C=O) groups excluding carboxylic acids is 1. The van der Waals surface area contributed by atoms with Gasteiger partial charge in [0.05, 0.1) is 4.92 Å². The van der Waals surface area contributed by atoms with Crippen LogP contribution in [0.15, 0.2) is 48.5 Å². The molecule has 0 aliphatic carbocycles. The van der Waals surface area contributed by atoms with Gasteiger partial charge in [-0.1, -0.05) is 38.1 Å². The Labute approximate surface area is 141 Å². The Morgan fingerprint density at radius 2 is 1.83 bits per heavy atom. The summed E-state index contributed by atoms with van der Waals surface area (Å²) in [5.41, 5.74) is 3.26. The van der Waals surface area contributed by atoms with Gasteiger partial charge in [-0.15, -0.1) is 0 Å². The molecular weight excluding hydrogens is 304 g/mol. The van der Waals surface area contributed by atoms with Crippen molar-refractivity contribution in [2.24, 2.45) is 0 Å². The zero-order chi connectivity index (χ0) is 17.7. The highest BCUT2D eigenvalue weighted by molar-refractivity contribution is 6.02. The molecule has 2 aromatic carbocycles. The van der Waals surface area contributed by atoms with Gasteiger partial charge in [0.1, 0.15) is 0 Å². The number of anilines is 1. The largest absolute Gasteiger partial charge is 0.322 e. The summed E-state index contributed by atoms with van der Waals surface area (Å²) in [6.45, 7) is 5.90. The first-order chi connectivity index (χ1) is 11.4. The molecule has 0 radical (unpaired) electrons. The van der Waals surface area contributed by atoms with Crippen molar-refractivity contribution in [3.8, 4) is 0 Å². The smallest absolute Gasteiger partial charge is 0.272 e. The van der Waals surface area contributed by atoms with E-state index in [0.29, 0.717) is 17.2 Å². The Bertz CT molecular complexity index is 778. The van der Waals surface area contributed by atoms with E-state index in [1.54, 1.807) is 19.1 Å². The maximum atomic E-state index is 12.0. The molecule has 0 unspecified atom stereocenters. The van der Waals surface area contributed by atoms with Crippen LogP contribution >= 0.6 is 0 Å². The standard InChI is InChI=1S/C19H20N2O3/c1-13(2)16-7-4-15(5-8-16)6-11-19(22)20-17-9-10-18(21(23)24)14(3)12-17/h4-13H,1-3H3,(H,20,22)/b11-6+. The second kappa shape index (κ2) is 7.55. The van der Waals surface area contributed by atoms with Crippen LogP contribution < -0.4 is 5.32 Å². The van der Waals surface area contributed by atoms with Gasteiger partial charge in [0.2, 0.25) is 5.91 Å². The molecule has 0 saturated carbocycles. The van der Waals surface area contributed by atoms with Gasteiger partial charge in [-0.3, -0.25) is 14.9 Å². The summed E-state index contributed by atoms with van der Waals surface area (Å²) in [6, 6.07) is 12.5. The topological polar surface area (TPSA) is 72.2 Å². The quantitative estimate of drug-likeness (QED) is 0.493. The first-order valence-electron chi connectivity index (χ1n) is 7.71. The molecule has 1 amide bonds. The van der Waals surface area contributed by atoms with Crippen molar-refractivity contribution in [1.82, 2.24) is 0 Å². The first-order valence-corrected chi connectivity index (χ1v) is 7.71. The SMILES string of the molecule is Cc1cc(NC(=O)/C=C/c2ccc(C(C)C)cc2)ccc1[N+](=O)[O-]. The summed E-state index contributed by atoms with van der Waals surface area (Å²) in [7, 11) is 0. The molecule has 24 heavy (non-hydrogen) atoms. The van der Waals surface area contributed by atoms with Crippen LogP contribution in [0, 0.1) is 17.0 Å². The molecule has 2 rings (SSSR count). The van der Waals surface area contributed by atoms with Gasteiger partial charge in [-0.2, -0.15) is 0 Å². The Morgan fingerprint density at radius 1 is 1.17 bits per heavy atom. The van der Waals surface area contributed by atoms with Crippen molar-refractivity contribution in [2.45, 2.75) is 26.7 Å². The molecular formula is C19H20N2O3. The summed E-state index contributed by atoms with van der Waals surface area (Å²) in [5, 5.41) is 13.5. The molecule has 0 aromatic heterocycles. The highest BCUT2D eigenvalue weighted by atomic mass is 16.6. The third kappa shape index (κ3) is 4.52. The Hall–Kier alpha value is -2.95. The molecule has 0 bridgehead atoms. The molecule has 0 atom stereocenters. The number of carbonyl (C=O) groups is 1. The molecule has 0 aliphatic rings. The number of rotatable bonds is 5. The number of nitro benzene ring substituents is 1. The average Bonchev–Trinajstić information content (AvgIpc) is 2.53. The van der Waals surface area contributed by atoms with E-state index in [1.165, 1.54) is 23.8 Å². The van der Waals surface area contributed by atoms with Crippen molar-refractivity contribution >= 4 is 23.4 Å². The van der Waals surface area contributed by atoms with E-state index in [2.05, 4.69) is 19.2 Å². The maximum absolute atomic E-state index is 12.0. The van der Waals surface area contributed by atoms with Crippen LogP contribution in [0.1, 0.15) is 36.5 Å². The lowest BCUT2D eigenvalue weighted by Crippen LogP contribution is -2.08. The van der Waals surface area contributed by atoms with Crippen LogP contribution in [0.4, 0.5) is 11.4 Å². The predicted molar refractivity (Wildman–Crippen MR) is 96.0 cm³/mol. The number of nitrogens with zero attached hydrogens (tertiary/aromatic N) is 1. The highest BCUT2D eigenvalue weighted by Gasteiger charge is 2.10. The van der Waals surface area contributed by atoms with Crippen LogP contribution in [0.25, 0.3) is 6.08 Å². The number of amides is 1. The van der Waals surface area contributed by atoms with Crippen molar-refractivity contribution in [3.05, 3.63) is 75.3 Å². The third-order valence-corrected chi connectivity index (χ3v) is 3.69. The van der Waals surface area contributed by atoms with Gasteiger partial charge in [0.15, 0.2) is 0 Å². The minimum absolute atomic E-state index is 0.0359. The summed E-state index contributed by atoms with van der Waals surface area (Å²) >= 11 is 0. The van der Waals surface area contributed by atoms with E-state index < -0.39 is 4.92 Å². The van der Waals surface area contributed by atoms with Gasteiger partial charge >= 0.3 is 0 Å². The van der Waals surface area contributed by atoms with Gasteiger partial charge < -0.3 is 5.32 Å². The molecule has 1 N–H and O–H groups in total. The monoisotopic (exact) mass is 324 g/mol. The lowest BCUT2D eigenvalue weighted by atomic mass is 10.0. The molecule has 5 heteroatoms. The normalized spacial score (nSPS) is 11.0. The van der Waals surface area contributed by atoms with Crippen LogP contribution in [0.3, 0.4) is 0 Å². The Morgan fingerprint density at radius 3 is 2.38 bits per heavy atom. The van der Waals surface area contributed by atoms with Crippen molar-refractivity contribution in [3.63, 3.8) is 0 Å². The zero-order valence-corrected chi connectivity index (χ0v) is 13.9. The van der Waals surface area contributed by atoms with Crippen molar-refractivity contribution < 1.29 is 9.72 Å². The van der Waals surface area contributed by atoms with E-state index in [4.69, 9.17) is 0 Å². The maximum Gasteiger partial charge on any atom is 0.272 e. The van der Waals surface area contributed by atoms with E-state index in [0.717, 1.165) is 5.56 Å². The first kappa shape index (κ1) is 17.4. The molecule has 0 heterocycles. The number of nitro groups is 1. The second-order valence-electron chi connectivity index (χ2n) is 5.90. The van der Waals surface area contributed by atoms with Crippen molar-refractivity contribution in [2.75, 3.05) is 5.32 Å². The number of hydrogen-bond acceptors (Lipinski definition) is 3. The summed E-state index contributed by atoms with van der Waals surface area (Å²) in [5.74, 6) is 0.188. The van der Waals surface area contributed by atoms with E-state index >= 15 is 0 Å². The average molecular weight is 324 g/mol. The zero-order valence-electron chi connectivity index (χ0n) is 13.9. The number of nitrogens with one attached hydrogen (secondary N) is 1. The molecule has 124 valence electrons. The van der Waals surface area contributed by atoms with Crippen LogP contribution in [0.5, 0.6) is 0 Å². The van der Waals surface area contributed by atoms with Gasteiger partial charge in [0, 0.05) is 23.4 Å². The molecule has 5 nitrogen and oxygen atoms in total. The van der Waals surface area contributed by atoms with E-state index in [9.17, 15) is 14.9 Å². The lowest BCUT2D eigenvalue weighted by Gasteiger charge is -2.05. The summed E-state index contributed by atoms with van der Waals surface area (Å²) < 4.78 is 0. The number of benzene rings is 2. The van der Waals surface area contributed by atoms with E-state index in [1.807, 2.05) is 24.3 Å². The van der Waals surface area contributed by atoms with Gasteiger partial charge in [-0.25, -0.2) is 0 Å².